The van der Waals surface area contributed by atoms with Crippen LogP contribution in [0.1, 0.15) is 89.0 Å². The summed E-state index contributed by atoms with van der Waals surface area (Å²) >= 11 is 0. The Labute approximate surface area is 294 Å². The number of aryl methyl sites for hydroxylation is 4. The van der Waals surface area contributed by atoms with Gasteiger partial charge in [-0.15, -0.1) is 30.0 Å². The van der Waals surface area contributed by atoms with E-state index in [1.54, 1.807) is 0 Å². The maximum atomic E-state index is 5.13. The fraction of sp³-hybridized carbons (Fsp3) is 0.429. The van der Waals surface area contributed by atoms with Crippen molar-refractivity contribution in [1.82, 2.24) is 30.0 Å². The molecule has 4 aromatic carbocycles. The highest BCUT2D eigenvalue weighted by Gasteiger charge is 2.36. The molecule has 0 atom stereocenters. The Bertz CT molecular complexity index is 2100. The van der Waals surface area contributed by atoms with Gasteiger partial charge in [-0.2, -0.15) is 0 Å². The predicted octanol–water partition coefficient (Wildman–Crippen LogP) is 8.91. The second kappa shape index (κ2) is 11.5. The Morgan fingerprint density at radius 2 is 0.490 bits per heavy atom. The van der Waals surface area contributed by atoms with E-state index < -0.39 is 8.07 Å². The van der Waals surface area contributed by atoms with Crippen LogP contribution in [-0.2, 0) is 0 Å². The third kappa shape index (κ3) is 4.71. The molecule has 0 spiro atoms. The highest BCUT2D eigenvalue weighted by Crippen LogP contribution is 2.33. The molecule has 0 aliphatic rings. The van der Waals surface area contributed by atoms with E-state index in [0.29, 0.717) is 0 Å². The van der Waals surface area contributed by atoms with E-state index >= 15 is 0 Å². The standard InChI is InChI=1S/C42H54N6Si/c1-19-20(2)24(6)36-35(23(19)5)43-47(44-36)39-27(9)31(13)41(32(14)28(39)10)49(17,18)42-33(15)29(11)40(30(12)34(42)16)48-45-37-25(7)21(3)22(4)26(8)38(37)46-48/h1-18H3. The summed E-state index contributed by atoms with van der Waals surface area (Å²) in [6, 6.07) is 0. The van der Waals surface area contributed by atoms with Gasteiger partial charge in [0.2, 0.25) is 0 Å². The first-order valence-corrected chi connectivity index (χ1v) is 20.6. The van der Waals surface area contributed by atoms with Gasteiger partial charge < -0.3 is 0 Å². The van der Waals surface area contributed by atoms with Gasteiger partial charge in [0.05, 0.1) is 11.4 Å². The number of hydrogen-bond acceptors (Lipinski definition) is 4. The SMILES string of the molecule is Cc1c(C)c([Si](C)(C)c2c(C)c(C)c(-n3nc4c(C)c(C)c(C)c(C)c4n3)c(C)c2C)c(C)c(C)c1-n1nc2c(C)c(C)c(C)c(C)c2n1. The number of rotatable bonds is 4. The van der Waals surface area contributed by atoms with E-state index in [2.05, 4.69) is 124 Å². The normalized spacial score (nSPS) is 12.3. The van der Waals surface area contributed by atoms with Crippen molar-refractivity contribution in [3.05, 3.63) is 89.0 Å². The van der Waals surface area contributed by atoms with E-state index in [1.165, 1.54) is 99.4 Å². The van der Waals surface area contributed by atoms with Crippen LogP contribution in [0.15, 0.2) is 0 Å². The van der Waals surface area contributed by atoms with E-state index in [4.69, 9.17) is 20.4 Å². The number of aromatic nitrogens is 6. The van der Waals surface area contributed by atoms with Gasteiger partial charge in [0.15, 0.2) is 0 Å². The van der Waals surface area contributed by atoms with Gasteiger partial charge in [-0.1, -0.05) is 13.1 Å². The molecule has 0 N–H and O–H groups in total. The van der Waals surface area contributed by atoms with Gasteiger partial charge in [0.1, 0.15) is 30.1 Å². The molecule has 6 nitrogen and oxygen atoms in total. The van der Waals surface area contributed by atoms with Crippen LogP contribution in [0.4, 0.5) is 0 Å². The van der Waals surface area contributed by atoms with Gasteiger partial charge in [0.25, 0.3) is 0 Å². The second-order valence-electron chi connectivity index (χ2n) is 15.4. The predicted molar refractivity (Wildman–Crippen MR) is 210 cm³/mol. The lowest BCUT2D eigenvalue weighted by atomic mass is 9.98. The van der Waals surface area contributed by atoms with Gasteiger partial charge in [-0.25, -0.2) is 0 Å². The topological polar surface area (TPSA) is 61.4 Å². The summed E-state index contributed by atoms with van der Waals surface area (Å²) in [5, 5.41) is 23.5. The highest BCUT2D eigenvalue weighted by atomic mass is 28.3. The van der Waals surface area contributed by atoms with Crippen molar-refractivity contribution in [3.8, 4) is 11.4 Å². The summed E-state index contributed by atoms with van der Waals surface area (Å²) in [6.07, 6.45) is 0. The first-order chi connectivity index (χ1) is 22.7. The number of fused-ring (bicyclic) bond motifs is 2. The van der Waals surface area contributed by atoms with Gasteiger partial charge in [-0.3, -0.25) is 0 Å². The summed E-state index contributed by atoms with van der Waals surface area (Å²) in [4.78, 5) is 3.83. The molecular formula is C42H54N6Si. The van der Waals surface area contributed by atoms with E-state index in [9.17, 15) is 0 Å². The third-order valence-corrected chi connectivity index (χ3v) is 16.8. The molecule has 49 heavy (non-hydrogen) atoms. The maximum absolute atomic E-state index is 5.13. The van der Waals surface area contributed by atoms with Crippen molar-refractivity contribution in [2.24, 2.45) is 0 Å². The molecule has 0 radical (unpaired) electrons. The van der Waals surface area contributed by atoms with Crippen LogP contribution in [0.2, 0.25) is 13.1 Å². The van der Waals surface area contributed by atoms with Crippen molar-refractivity contribution < 1.29 is 0 Å². The smallest absolute Gasteiger partial charge is 0.117 e. The van der Waals surface area contributed by atoms with Crippen LogP contribution in [0.5, 0.6) is 0 Å². The van der Waals surface area contributed by atoms with Crippen molar-refractivity contribution >= 4 is 40.5 Å². The average molecular weight is 671 g/mol. The summed E-state index contributed by atoms with van der Waals surface area (Å²) in [6.45, 7) is 40.8. The number of benzene rings is 4. The molecule has 0 aliphatic carbocycles. The summed E-state index contributed by atoms with van der Waals surface area (Å²) < 4.78 is 0. The Balaban J connectivity index is 1.55. The zero-order valence-corrected chi connectivity index (χ0v) is 34.2. The van der Waals surface area contributed by atoms with E-state index in [1.807, 2.05) is 9.59 Å². The maximum Gasteiger partial charge on any atom is 0.117 e. The molecule has 0 saturated heterocycles. The Kier molecular flexibility index (Phi) is 8.14. The van der Waals surface area contributed by atoms with Gasteiger partial charge >= 0.3 is 0 Å². The van der Waals surface area contributed by atoms with Crippen molar-refractivity contribution in [3.63, 3.8) is 0 Å². The van der Waals surface area contributed by atoms with Crippen molar-refractivity contribution in [1.29, 1.82) is 0 Å². The fourth-order valence-corrected chi connectivity index (χ4v) is 13.6. The van der Waals surface area contributed by atoms with Gasteiger partial charge in [0, 0.05) is 0 Å². The minimum atomic E-state index is -2.24. The molecule has 2 aromatic heterocycles. The van der Waals surface area contributed by atoms with Crippen LogP contribution < -0.4 is 10.4 Å². The largest absolute Gasteiger partial charge is 0.150 e. The van der Waals surface area contributed by atoms with Crippen molar-refractivity contribution in [2.45, 2.75) is 124 Å². The summed E-state index contributed by atoms with van der Waals surface area (Å²) in [7, 11) is -2.24. The first-order valence-electron chi connectivity index (χ1n) is 17.6. The molecule has 6 aromatic rings. The molecule has 6 rings (SSSR count). The highest BCUT2D eigenvalue weighted by molar-refractivity contribution is 7.01. The lowest BCUT2D eigenvalue weighted by Crippen LogP contribution is -2.58. The number of hydrogen-bond donors (Lipinski definition) is 0. The molecule has 256 valence electrons. The zero-order chi connectivity index (χ0) is 36.3. The van der Waals surface area contributed by atoms with Crippen molar-refractivity contribution in [2.75, 3.05) is 0 Å². The number of nitrogens with zero attached hydrogens (tertiary/aromatic N) is 6. The quantitative estimate of drug-likeness (QED) is 0.176. The summed E-state index contributed by atoms with van der Waals surface area (Å²) in [5.41, 5.74) is 26.7. The second-order valence-corrected chi connectivity index (χ2v) is 19.7. The molecule has 0 aliphatic heterocycles. The van der Waals surface area contributed by atoms with E-state index in [0.717, 1.165) is 33.4 Å². The average Bonchev–Trinajstić information content (AvgIpc) is 3.69. The minimum absolute atomic E-state index is 1.00. The van der Waals surface area contributed by atoms with Crippen LogP contribution >= 0.6 is 0 Å². The van der Waals surface area contributed by atoms with Crippen LogP contribution in [0.25, 0.3) is 33.4 Å². The molecule has 7 heteroatoms. The minimum Gasteiger partial charge on any atom is -0.150 e. The van der Waals surface area contributed by atoms with E-state index in [-0.39, 0.29) is 0 Å². The molecule has 0 fully saturated rings. The molecule has 0 bridgehead atoms. The molecular weight excluding hydrogens is 617 g/mol. The van der Waals surface area contributed by atoms with Crippen LogP contribution in [-0.4, -0.2) is 38.1 Å². The van der Waals surface area contributed by atoms with Crippen LogP contribution in [0, 0.1) is 111 Å². The Hall–Kier alpha value is -4.10. The Morgan fingerprint density at radius 1 is 0.286 bits per heavy atom. The zero-order valence-electron chi connectivity index (χ0n) is 33.2. The monoisotopic (exact) mass is 670 g/mol. The molecule has 2 heterocycles. The summed E-state index contributed by atoms with van der Waals surface area (Å²) in [5.74, 6) is 0. The lowest BCUT2D eigenvalue weighted by molar-refractivity contribution is 0.752. The fourth-order valence-electron chi connectivity index (χ4n) is 8.84. The molecule has 0 unspecified atom stereocenters. The van der Waals surface area contributed by atoms with Gasteiger partial charge in [-0.05, 0) is 210 Å². The first kappa shape index (κ1) is 34.7. The molecule has 0 saturated carbocycles. The molecule has 0 amide bonds. The van der Waals surface area contributed by atoms with Crippen LogP contribution in [0.3, 0.4) is 0 Å². The lowest BCUT2D eigenvalue weighted by Gasteiger charge is -2.35. The Morgan fingerprint density at radius 3 is 0.694 bits per heavy atom. The third-order valence-electron chi connectivity index (χ3n) is 12.8.